The molecular formula is C29H33F3N6O8S. The van der Waals surface area contributed by atoms with Crippen molar-refractivity contribution in [3.8, 4) is 16.9 Å². The van der Waals surface area contributed by atoms with Gasteiger partial charge in [0.2, 0.25) is 11.2 Å². The first kappa shape index (κ1) is 35.0. The quantitative estimate of drug-likeness (QED) is 0.0801. The van der Waals surface area contributed by atoms with E-state index >= 15 is 0 Å². The highest BCUT2D eigenvalue weighted by molar-refractivity contribution is 7.90. The van der Waals surface area contributed by atoms with Crippen molar-refractivity contribution < 1.29 is 50.5 Å². The molecule has 254 valence electrons. The molecule has 0 unspecified atom stereocenters. The molecule has 14 nitrogen and oxygen atoms in total. The van der Waals surface area contributed by atoms with Gasteiger partial charge in [-0.3, -0.25) is 4.79 Å². The molecular weight excluding hydrogens is 649 g/mol. The maximum absolute atomic E-state index is 13.5. The SMILES string of the molecule is Cc1ccc(-c2cc(C(F)(F)F)nn2-c2ccc(S(=O)(=O)NC(=O)C3CCN([N+]([O-])=NOCOC(=O)OC(C)(C)C)CC3)cc2)cc1. The second-order valence-corrected chi connectivity index (χ2v) is 13.3. The second kappa shape index (κ2) is 13.9. The Hall–Kier alpha value is -4.87. The zero-order valence-electron chi connectivity index (χ0n) is 25.9. The summed E-state index contributed by atoms with van der Waals surface area (Å²) in [6, 6.07) is 12.6. The van der Waals surface area contributed by atoms with Crippen LogP contribution in [-0.2, 0) is 35.3 Å². The number of carbonyl (C=O) groups is 2. The van der Waals surface area contributed by atoms with E-state index in [2.05, 4.69) is 20.0 Å². The molecule has 18 heteroatoms. The Labute approximate surface area is 268 Å². The number of carbonyl (C=O) groups excluding carboxylic acids is 2. The van der Waals surface area contributed by atoms with Crippen LogP contribution in [0.5, 0.6) is 0 Å². The Morgan fingerprint density at radius 3 is 2.26 bits per heavy atom. The number of hydrazine groups is 1. The van der Waals surface area contributed by atoms with Gasteiger partial charge in [0.15, 0.2) is 5.69 Å². The van der Waals surface area contributed by atoms with Crippen LogP contribution in [0.15, 0.2) is 64.8 Å². The van der Waals surface area contributed by atoms with E-state index in [0.29, 0.717) is 5.56 Å². The molecule has 0 bridgehead atoms. The van der Waals surface area contributed by atoms with Crippen LogP contribution in [0.4, 0.5) is 18.0 Å². The fourth-order valence-electron chi connectivity index (χ4n) is 4.47. The van der Waals surface area contributed by atoms with E-state index in [-0.39, 0.29) is 47.2 Å². The fraction of sp³-hybridized carbons (Fsp3) is 0.414. The van der Waals surface area contributed by atoms with Crippen LogP contribution in [0, 0.1) is 18.0 Å². The molecule has 2 aromatic carbocycles. The molecule has 2 heterocycles. The summed E-state index contributed by atoms with van der Waals surface area (Å²) < 4.78 is 79.2. The molecule has 0 aliphatic carbocycles. The van der Waals surface area contributed by atoms with Crippen molar-refractivity contribution in [3.05, 3.63) is 71.1 Å². The second-order valence-electron chi connectivity index (χ2n) is 11.6. The average Bonchev–Trinajstić information content (AvgIpc) is 3.45. The van der Waals surface area contributed by atoms with Gasteiger partial charge in [-0.25, -0.2) is 22.6 Å². The highest BCUT2D eigenvalue weighted by atomic mass is 32.2. The van der Waals surface area contributed by atoms with Gasteiger partial charge in [-0.2, -0.15) is 18.3 Å². The highest BCUT2D eigenvalue weighted by Crippen LogP contribution is 2.33. The third-order valence-electron chi connectivity index (χ3n) is 6.80. The zero-order chi connectivity index (χ0) is 34.6. The highest BCUT2D eigenvalue weighted by Gasteiger charge is 2.36. The zero-order valence-corrected chi connectivity index (χ0v) is 26.7. The standard InChI is InChI=1S/C29H33F3N6O8S/c1-19-5-7-20(8-6-19)24-17-25(29(30,31)32)33-37(24)22-9-11-23(12-10-22)47(42,43)34-26(39)21-13-15-36(16-14-21)38(41)35-45-18-44-27(40)46-28(2,3)4/h5-12,17,21H,13-16,18H2,1-4H3,(H,34,39). The van der Waals surface area contributed by atoms with Crippen LogP contribution >= 0.6 is 0 Å². The number of sulfonamides is 1. The van der Waals surface area contributed by atoms with Gasteiger partial charge in [-0.1, -0.05) is 29.8 Å². The monoisotopic (exact) mass is 682 g/mol. The van der Waals surface area contributed by atoms with E-state index in [0.717, 1.165) is 28.4 Å². The molecule has 3 aromatic rings. The molecule has 1 N–H and O–H groups in total. The van der Waals surface area contributed by atoms with Gasteiger partial charge in [0.05, 0.1) is 34.3 Å². The number of nitrogens with one attached hydrogen (secondary N) is 1. The summed E-state index contributed by atoms with van der Waals surface area (Å²) in [5.74, 6) is -1.53. The van der Waals surface area contributed by atoms with Crippen molar-refractivity contribution in [2.45, 2.75) is 57.2 Å². The number of piperidine rings is 1. The molecule has 0 radical (unpaired) electrons. The first-order chi connectivity index (χ1) is 21.9. The summed E-state index contributed by atoms with van der Waals surface area (Å²) in [5.41, 5.74) is -0.187. The maximum Gasteiger partial charge on any atom is 0.511 e. The van der Waals surface area contributed by atoms with E-state index in [1.165, 1.54) is 17.1 Å². The number of ether oxygens (including phenoxy) is 2. The predicted molar refractivity (Wildman–Crippen MR) is 158 cm³/mol. The largest absolute Gasteiger partial charge is 0.569 e. The Balaban J connectivity index is 1.35. The lowest BCUT2D eigenvalue weighted by Crippen LogP contribution is -2.44. The van der Waals surface area contributed by atoms with E-state index in [1.807, 2.05) is 11.6 Å². The molecule has 1 fully saturated rings. The maximum atomic E-state index is 13.5. The Kier molecular flexibility index (Phi) is 10.3. The molecule has 0 saturated carbocycles. The first-order valence-electron chi connectivity index (χ1n) is 14.3. The lowest BCUT2D eigenvalue weighted by molar-refractivity contribution is -0.713. The topological polar surface area (TPSA) is 167 Å². The number of rotatable bonds is 9. The molecule has 1 aliphatic heterocycles. The summed E-state index contributed by atoms with van der Waals surface area (Å²) >= 11 is 0. The minimum absolute atomic E-state index is 0.0449. The van der Waals surface area contributed by atoms with Gasteiger partial charge in [-0.05, 0) is 70.9 Å². The fourth-order valence-corrected chi connectivity index (χ4v) is 5.51. The Morgan fingerprint density at radius 2 is 1.68 bits per heavy atom. The molecule has 1 aliphatic rings. The van der Waals surface area contributed by atoms with Gasteiger partial charge in [-0.15, -0.1) is 5.01 Å². The van der Waals surface area contributed by atoms with Crippen LogP contribution in [0.1, 0.15) is 44.9 Å². The van der Waals surface area contributed by atoms with Gasteiger partial charge in [0, 0.05) is 11.5 Å². The van der Waals surface area contributed by atoms with Crippen molar-refractivity contribution in [1.29, 1.82) is 0 Å². The number of benzene rings is 2. The van der Waals surface area contributed by atoms with E-state index < -0.39 is 52.3 Å². The molecule has 1 saturated heterocycles. The lowest BCUT2D eigenvalue weighted by atomic mass is 9.97. The van der Waals surface area contributed by atoms with Gasteiger partial charge >= 0.3 is 12.3 Å². The third kappa shape index (κ3) is 9.34. The van der Waals surface area contributed by atoms with E-state index in [1.54, 1.807) is 45.0 Å². The summed E-state index contributed by atoms with van der Waals surface area (Å²) in [6.07, 6.45) is -5.48. The van der Waals surface area contributed by atoms with E-state index in [4.69, 9.17) is 4.74 Å². The van der Waals surface area contributed by atoms with Crippen LogP contribution in [0.2, 0.25) is 0 Å². The van der Waals surface area contributed by atoms with Crippen LogP contribution in [-0.4, -0.2) is 65.7 Å². The molecule has 4 rings (SSSR count). The smallest absolute Gasteiger partial charge is 0.511 e. The van der Waals surface area contributed by atoms with Gasteiger partial charge < -0.3 is 19.5 Å². The van der Waals surface area contributed by atoms with Crippen molar-refractivity contribution in [3.63, 3.8) is 0 Å². The van der Waals surface area contributed by atoms with Crippen LogP contribution < -0.4 is 4.72 Å². The molecule has 1 aromatic heterocycles. The van der Waals surface area contributed by atoms with Crippen LogP contribution in [0.25, 0.3) is 16.9 Å². The summed E-state index contributed by atoms with van der Waals surface area (Å²) in [7, 11) is -4.34. The number of alkyl halides is 3. The van der Waals surface area contributed by atoms with Crippen molar-refractivity contribution in [1.82, 2.24) is 19.5 Å². The Bertz CT molecular complexity index is 1710. The normalized spacial score (nSPS) is 14.9. The summed E-state index contributed by atoms with van der Waals surface area (Å²) in [6.45, 7) is 6.18. The number of amides is 1. The lowest BCUT2D eigenvalue weighted by Gasteiger charge is -2.27. The minimum atomic E-state index is -4.71. The molecule has 1 amide bonds. The van der Waals surface area contributed by atoms with Crippen LogP contribution in [0.3, 0.4) is 0 Å². The first-order valence-corrected chi connectivity index (χ1v) is 15.7. The number of halogens is 3. The number of aryl methyl sites for hydroxylation is 1. The number of nitrogens with zero attached hydrogens (tertiary/aromatic N) is 5. The van der Waals surface area contributed by atoms with Crippen molar-refractivity contribution in [2.24, 2.45) is 11.2 Å². The van der Waals surface area contributed by atoms with Crippen molar-refractivity contribution in [2.75, 3.05) is 19.9 Å². The summed E-state index contributed by atoms with van der Waals surface area (Å²) in [5, 5.41) is 20.4. The average molecular weight is 683 g/mol. The predicted octanol–water partition coefficient (Wildman–Crippen LogP) is 5.10. The minimum Gasteiger partial charge on any atom is -0.569 e. The molecule has 47 heavy (non-hydrogen) atoms. The number of hydrogen-bond donors (Lipinski definition) is 1. The number of hydrogen-bond acceptors (Lipinski definition) is 10. The van der Waals surface area contributed by atoms with Crippen molar-refractivity contribution >= 4 is 22.1 Å². The molecule has 0 atom stereocenters. The number of aromatic nitrogens is 2. The van der Waals surface area contributed by atoms with E-state index in [9.17, 15) is 36.4 Å². The van der Waals surface area contributed by atoms with Gasteiger partial charge in [0.25, 0.3) is 16.8 Å². The Morgan fingerprint density at radius 1 is 1.06 bits per heavy atom. The third-order valence-corrected chi connectivity index (χ3v) is 8.17. The van der Waals surface area contributed by atoms with Gasteiger partial charge in [0.1, 0.15) is 5.60 Å². The summed E-state index contributed by atoms with van der Waals surface area (Å²) in [4.78, 5) is 28.8. The molecule has 0 spiro atoms.